The highest BCUT2D eigenvalue weighted by atomic mass is 32.2. The van der Waals surface area contributed by atoms with Crippen LogP contribution in [-0.4, -0.2) is 25.8 Å². The average Bonchev–Trinajstić information content (AvgIpc) is 2.81. The molecule has 0 aliphatic heterocycles. The Morgan fingerprint density at radius 1 is 1.24 bits per heavy atom. The van der Waals surface area contributed by atoms with Crippen LogP contribution < -0.4 is 0 Å². The number of sulfonamides is 1. The Morgan fingerprint density at radius 3 is 2.41 bits per heavy atom. The van der Waals surface area contributed by atoms with Gasteiger partial charge < -0.3 is 0 Å². The zero-order chi connectivity index (χ0) is 12.5. The largest absolute Gasteiger partial charge is 0.245 e. The lowest BCUT2D eigenvalue weighted by molar-refractivity contribution is 0.371. The number of nitrogens with zero attached hydrogens (tertiary/aromatic N) is 1. The second-order valence-corrected chi connectivity index (χ2v) is 6.36. The summed E-state index contributed by atoms with van der Waals surface area (Å²) in [4.78, 5) is -0.227. The molecule has 1 fully saturated rings. The summed E-state index contributed by atoms with van der Waals surface area (Å²) in [5, 5.41) is 0. The van der Waals surface area contributed by atoms with Crippen molar-refractivity contribution in [2.45, 2.75) is 36.6 Å². The number of halogens is 1. The summed E-state index contributed by atoms with van der Waals surface area (Å²) >= 11 is 0. The molecule has 0 radical (unpaired) electrons. The van der Waals surface area contributed by atoms with Crippen molar-refractivity contribution in [2.24, 2.45) is 0 Å². The van der Waals surface area contributed by atoms with E-state index in [0.29, 0.717) is 0 Å². The number of hydrogen-bond acceptors (Lipinski definition) is 2. The maximum atomic E-state index is 13.5. The third-order valence-electron chi connectivity index (χ3n) is 3.33. The van der Waals surface area contributed by atoms with Crippen LogP contribution >= 0.6 is 0 Å². The number of benzene rings is 1. The molecule has 1 aromatic rings. The lowest BCUT2D eigenvalue weighted by Crippen LogP contribution is -2.35. The minimum absolute atomic E-state index is 0.0135. The molecule has 0 spiro atoms. The fraction of sp³-hybridized carbons (Fsp3) is 0.500. The molecule has 2 rings (SSSR count). The van der Waals surface area contributed by atoms with E-state index in [2.05, 4.69) is 0 Å². The summed E-state index contributed by atoms with van der Waals surface area (Å²) < 4.78 is 39.3. The Balaban J connectivity index is 2.33. The highest BCUT2D eigenvalue weighted by Crippen LogP contribution is 2.27. The predicted molar refractivity (Wildman–Crippen MR) is 63.6 cm³/mol. The smallest absolute Gasteiger partial charge is 0.207 e. The fourth-order valence-corrected chi connectivity index (χ4v) is 3.75. The molecule has 0 N–H and O–H groups in total. The van der Waals surface area contributed by atoms with Gasteiger partial charge in [-0.2, -0.15) is 4.31 Å². The zero-order valence-corrected chi connectivity index (χ0v) is 10.6. The van der Waals surface area contributed by atoms with Crippen molar-refractivity contribution < 1.29 is 12.8 Å². The van der Waals surface area contributed by atoms with E-state index in [0.717, 1.165) is 25.7 Å². The molecular weight excluding hydrogens is 241 g/mol. The second kappa shape index (κ2) is 4.74. The minimum atomic E-state index is -3.69. The van der Waals surface area contributed by atoms with E-state index in [4.69, 9.17) is 0 Å². The molecule has 1 aliphatic carbocycles. The van der Waals surface area contributed by atoms with Gasteiger partial charge in [-0.05, 0) is 25.0 Å². The van der Waals surface area contributed by atoms with Gasteiger partial charge in [-0.1, -0.05) is 25.0 Å². The van der Waals surface area contributed by atoms with Crippen LogP contribution in [0.3, 0.4) is 0 Å². The summed E-state index contributed by atoms with van der Waals surface area (Å²) in [7, 11) is -2.16. The van der Waals surface area contributed by atoms with Crippen LogP contribution in [0.1, 0.15) is 25.7 Å². The fourth-order valence-electron chi connectivity index (χ4n) is 2.27. The van der Waals surface area contributed by atoms with Gasteiger partial charge in [0.15, 0.2) is 0 Å². The van der Waals surface area contributed by atoms with E-state index >= 15 is 0 Å². The van der Waals surface area contributed by atoms with Gasteiger partial charge in [0.25, 0.3) is 0 Å². The van der Waals surface area contributed by atoms with E-state index in [1.165, 1.54) is 29.6 Å². The topological polar surface area (TPSA) is 37.4 Å². The van der Waals surface area contributed by atoms with E-state index in [1.54, 1.807) is 6.07 Å². The van der Waals surface area contributed by atoms with Crippen molar-refractivity contribution in [2.75, 3.05) is 7.05 Å². The Morgan fingerprint density at radius 2 is 1.82 bits per heavy atom. The van der Waals surface area contributed by atoms with E-state index in [1.807, 2.05) is 0 Å². The molecule has 5 heteroatoms. The van der Waals surface area contributed by atoms with Gasteiger partial charge in [0, 0.05) is 13.1 Å². The first-order chi connectivity index (χ1) is 8.03. The molecule has 1 aromatic carbocycles. The standard InChI is InChI=1S/C12H16FNO2S/c1-14(10-6-2-3-7-10)17(15,16)12-9-5-4-8-11(12)13/h4-5,8-10H,2-3,6-7H2,1H3. The van der Waals surface area contributed by atoms with Crippen molar-refractivity contribution in [3.8, 4) is 0 Å². The molecule has 1 saturated carbocycles. The van der Waals surface area contributed by atoms with Gasteiger partial charge in [0.2, 0.25) is 10.0 Å². The number of rotatable bonds is 3. The molecule has 0 unspecified atom stereocenters. The first-order valence-electron chi connectivity index (χ1n) is 5.76. The summed E-state index contributed by atoms with van der Waals surface area (Å²) in [5.41, 5.74) is 0. The van der Waals surface area contributed by atoms with Crippen LogP contribution in [0.5, 0.6) is 0 Å². The molecule has 0 bridgehead atoms. The van der Waals surface area contributed by atoms with Crippen LogP contribution in [0.15, 0.2) is 29.2 Å². The molecule has 0 amide bonds. The molecule has 1 aliphatic rings. The van der Waals surface area contributed by atoms with Crippen molar-refractivity contribution in [3.63, 3.8) is 0 Å². The zero-order valence-electron chi connectivity index (χ0n) is 9.77. The van der Waals surface area contributed by atoms with E-state index in [-0.39, 0.29) is 10.9 Å². The van der Waals surface area contributed by atoms with Crippen molar-refractivity contribution in [3.05, 3.63) is 30.1 Å². The average molecular weight is 257 g/mol. The Kier molecular flexibility index (Phi) is 3.49. The molecule has 3 nitrogen and oxygen atoms in total. The van der Waals surface area contributed by atoms with Crippen LogP contribution in [0, 0.1) is 5.82 Å². The third kappa shape index (κ3) is 2.35. The van der Waals surface area contributed by atoms with E-state index in [9.17, 15) is 12.8 Å². The lowest BCUT2D eigenvalue weighted by atomic mass is 10.3. The van der Waals surface area contributed by atoms with Crippen LogP contribution in [0.4, 0.5) is 4.39 Å². The highest BCUT2D eigenvalue weighted by Gasteiger charge is 2.31. The van der Waals surface area contributed by atoms with Crippen LogP contribution in [0.2, 0.25) is 0 Å². The maximum absolute atomic E-state index is 13.5. The van der Waals surface area contributed by atoms with Gasteiger partial charge in [0.1, 0.15) is 10.7 Å². The Bertz CT molecular complexity index is 495. The van der Waals surface area contributed by atoms with Gasteiger partial charge >= 0.3 is 0 Å². The molecule has 0 heterocycles. The summed E-state index contributed by atoms with van der Waals surface area (Å²) in [6.07, 6.45) is 3.82. The SMILES string of the molecule is CN(C1CCCC1)S(=O)(=O)c1ccccc1F. The highest BCUT2D eigenvalue weighted by molar-refractivity contribution is 7.89. The van der Waals surface area contributed by atoms with Crippen molar-refractivity contribution in [1.82, 2.24) is 4.31 Å². The van der Waals surface area contributed by atoms with Gasteiger partial charge in [-0.15, -0.1) is 0 Å². The first-order valence-corrected chi connectivity index (χ1v) is 7.20. The summed E-state index contributed by atoms with van der Waals surface area (Å²) in [6.45, 7) is 0. The number of hydrogen-bond donors (Lipinski definition) is 0. The third-order valence-corrected chi connectivity index (χ3v) is 5.28. The monoisotopic (exact) mass is 257 g/mol. The molecule has 17 heavy (non-hydrogen) atoms. The summed E-state index contributed by atoms with van der Waals surface area (Å²) in [6, 6.07) is 5.54. The predicted octanol–water partition coefficient (Wildman–Crippen LogP) is 2.39. The summed E-state index contributed by atoms with van der Waals surface area (Å²) in [5.74, 6) is -0.683. The molecule has 0 saturated heterocycles. The molecule has 94 valence electrons. The van der Waals surface area contributed by atoms with Crippen molar-refractivity contribution in [1.29, 1.82) is 0 Å². The first kappa shape index (κ1) is 12.5. The van der Waals surface area contributed by atoms with Gasteiger partial charge in [-0.3, -0.25) is 0 Å². The van der Waals surface area contributed by atoms with E-state index < -0.39 is 15.8 Å². The van der Waals surface area contributed by atoms with Gasteiger partial charge in [-0.25, -0.2) is 12.8 Å². The quantitative estimate of drug-likeness (QED) is 0.833. The maximum Gasteiger partial charge on any atom is 0.245 e. The molecule has 0 aromatic heterocycles. The molecular formula is C12H16FNO2S. The Labute approximate surface area is 101 Å². The van der Waals surface area contributed by atoms with Crippen LogP contribution in [0.25, 0.3) is 0 Å². The lowest BCUT2D eigenvalue weighted by Gasteiger charge is -2.23. The normalized spacial score (nSPS) is 17.8. The van der Waals surface area contributed by atoms with Crippen molar-refractivity contribution >= 4 is 10.0 Å². The molecule has 0 atom stereocenters. The van der Waals surface area contributed by atoms with Gasteiger partial charge in [0.05, 0.1) is 0 Å². The second-order valence-electron chi connectivity index (χ2n) is 4.39. The van der Waals surface area contributed by atoms with Crippen LogP contribution in [-0.2, 0) is 10.0 Å². The minimum Gasteiger partial charge on any atom is -0.207 e. The Hall–Kier alpha value is -0.940.